The van der Waals surface area contributed by atoms with Gasteiger partial charge in [-0.25, -0.2) is 0 Å². The van der Waals surface area contributed by atoms with Gasteiger partial charge < -0.3 is 24.8 Å². The van der Waals surface area contributed by atoms with Crippen molar-refractivity contribution in [1.82, 2.24) is 0 Å². The first-order valence-electron chi connectivity index (χ1n) is 13.3. The van der Waals surface area contributed by atoms with Gasteiger partial charge in [-0.05, 0) is 105 Å². The van der Waals surface area contributed by atoms with Crippen molar-refractivity contribution in [2.75, 3.05) is 0 Å². The number of hydrogen-bond acceptors (Lipinski definition) is 0. The summed E-state index contributed by atoms with van der Waals surface area (Å²) in [6.07, 6.45) is 14.2. The molecule has 0 fully saturated rings. The molecule has 0 bridgehead atoms. The Morgan fingerprint density at radius 2 is 0.821 bits per heavy atom. The molecule has 2 aliphatic heterocycles. The van der Waals surface area contributed by atoms with Gasteiger partial charge in [0.2, 0.25) is 0 Å². The molecule has 0 amide bonds. The minimum absolute atomic E-state index is 0. The summed E-state index contributed by atoms with van der Waals surface area (Å²) in [5.41, 5.74) is 11.5. The molecule has 2 heterocycles. The van der Waals surface area contributed by atoms with E-state index in [0.29, 0.717) is 0 Å². The molecule has 0 saturated carbocycles. The van der Waals surface area contributed by atoms with E-state index in [0.717, 1.165) is 25.7 Å². The largest absolute Gasteiger partial charge is 2.00 e. The van der Waals surface area contributed by atoms with Crippen LogP contribution >= 0.6 is 16.4 Å². The zero-order valence-electron chi connectivity index (χ0n) is 23.1. The Hall–Kier alpha value is -1.32. The first-order chi connectivity index (χ1) is 17.7. The maximum absolute atomic E-state index is 2.40. The average Bonchev–Trinajstić information content (AvgIpc) is 3.69. The third kappa shape index (κ3) is 7.13. The van der Waals surface area contributed by atoms with Crippen molar-refractivity contribution < 1.29 is 51.0 Å². The van der Waals surface area contributed by atoms with Crippen molar-refractivity contribution in [3.8, 4) is 0 Å². The summed E-state index contributed by atoms with van der Waals surface area (Å²) in [5.74, 6) is 0. The number of allylic oxidation sites excluding steroid dienone is 12. The first-order valence-corrected chi connectivity index (χ1v) is 15.1. The molecular weight excluding hydrogens is 632 g/mol. The fourth-order valence-electron chi connectivity index (χ4n) is 5.10. The number of halogens is 2. The molecule has 0 aromatic heterocycles. The van der Waals surface area contributed by atoms with E-state index in [1.807, 2.05) is 0 Å². The molecule has 0 nitrogen and oxygen atoms in total. The topological polar surface area (TPSA) is 0 Å². The van der Waals surface area contributed by atoms with E-state index in [1.54, 1.807) is 21.2 Å². The Morgan fingerprint density at radius 1 is 0.462 bits per heavy atom. The van der Waals surface area contributed by atoms with Crippen molar-refractivity contribution >= 4 is 38.1 Å². The van der Waals surface area contributed by atoms with Crippen molar-refractivity contribution in [1.29, 1.82) is 0 Å². The zero-order chi connectivity index (χ0) is 25.1. The number of hydrogen-bond donors (Lipinski definition) is 0. The Kier molecular flexibility index (Phi) is 13.6. The van der Waals surface area contributed by atoms with Gasteiger partial charge in [-0.1, -0.05) is 105 Å². The molecule has 2 aliphatic carbocycles. The van der Waals surface area contributed by atoms with E-state index in [-0.39, 0.29) is 51.0 Å². The number of rotatable bonds is 6. The summed E-state index contributed by atoms with van der Waals surface area (Å²) < 4.78 is 0. The molecule has 4 aliphatic rings. The monoisotopic (exact) mass is 664 g/mol. The second-order valence-corrected chi connectivity index (χ2v) is 11.8. The quantitative estimate of drug-likeness (QED) is 0.401. The molecule has 0 saturated heterocycles. The fourth-order valence-corrected chi connectivity index (χ4v) is 7.72. The van der Waals surface area contributed by atoms with E-state index < -0.39 is 0 Å². The molecule has 0 atom stereocenters. The first kappa shape index (κ1) is 33.9. The van der Waals surface area contributed by atoms with Gasteiger partial charge in [-0.2, -0.15) is 0 Å². The van der Waals surface area contributed by atoms with Crippen molar-refractivity contribution in [3.05, 3.63) is 129 Å². The van der Waals surface area contributed by atoms with Gasteiger partial charge >= 0.3 is 26.2 Å². The van der Waals surface area contributed by atoms with Gasteiger partial charge in [0.15, 0.2) is 0 Å². The van der Waals surface area contributed by atoms with Crippen LogP contribution in [0.3, 0.4) is 0 Å². The third-order valence-corrected chi connectivity index (χ3v) is 10.1. The van der Waals surface area contributed by atoms with E-state index in [2.05, 4.69) is 113 Å². The summed E-state index contributed by atoms with van der Waals surface area (Å²) in [6.45, 7) is 9.00. The van der Waals surface area contributed by atoms with Crippen molar-refractivity contribution in [3.63, 3.8) is 0 Å². The molecule has 2 aromatic carbocycles. The summed E-state index contributed by atoms with van der Waals surface area (Å²) in [6, 6.07) is 21.5. The average molecular weight is 667 g/mol. The zero-order valence-corrected chi connectivity index (χ0v) is 28.8. The summed E-state index contributed by atoms with van der Waals surface area (Å²) in [7, 11) is 2.87. The smallest absolute Gasteiger partial charge is 1.00 e. The van der Waals surface area contributed by atoms with Gasteiger partial charge in [-0.3, -0.25) is 0 Å². The van der Waals surface area contributed by atoms with E-state index >= 15 is 0 Å². The van der Waals surface area contributed by atoms with E-state index in [4.69, 9.17) is 0 Å². The Labute approximate surface area is 269 Å². The van der Waals surface area contributed by atoms with Gasteiger partial charge in [-0.15, -0.1) is 0 Å². The van der Waals surface area contributed by atoms with E-state index in [1.165, 1.54) is 61.0 Å². The van der Waals surface area contributed by atoms with Crippen LogP contribution in [0.4, 0.5) is 0 Å². The maximum Gasteiger partial charge on any atom is 2.00 e. The van der Waals surface area contributed by atoms with Crippen LogP contribution in [0.15, 0.2) is 118 Å². The van der Waals surface area contributed by atoms with Crippen LogP contribution in [0.25, 0.3) is 11.1 Å². The second kappa shape index (κ2) is 15.6. The molecule has 6 rings (SSSR count). The molecule has 2 aromatic rings. The van der Waals surface area contributed by atoms with Crippen molar-refractivity contribution in [2.24, 2.45) is 0 Å². The van der Waals surface area contributed by atoms with Crippen LogP contribution in [0.5, 0.6) is 0 Å². The fraction of sp³-hybridized carbons (Fsp3) is 0.235. The van der Waals surface area contributed by atoms with Gasteiger partial charge in [0, 0.05) is 10.6 Å². The second-order valence-electron chi connectivity index (χ2n) is 9.33. The van der Waals surface area contributed by atoms with Crippen LogP contribution in [-0.2, 0) is 26.2 Å². The van der Waals surface area contributed by atoms with Crippen LogP contribution in [0.2, 0.25) is 0 Å². The summed E-state index contributed by atoms with van der Waals surface area (Å²) in [4.78, 5) is 0. The Bertz CT molecular complexity index is 1330. The molecule has 0 N–H and O–H groups in total. The molecule has 5 heteroatoms. The number of benzene rings is 2. The van der Waals surface area contributed by atoms with Crippen LogP contribution in [-0.4, -0.2) is 10.6 Å². The third-order valence-electron chi connectivity index (χ3n) is 7.12. The normalized spacial score (nSPS) is 17.0. The van der Waals surface area contributed by atoms with Gasteiger partial charge in [0.05, 0.1) is 0 Å². The van der Waals surface area contributed by atoms with E-state index in [9.17, 15) is 0 Å². The number of fused-ring (bicyclic) bond motifs is 2. The molecule has 39 heavy (non-hydrogen) atoms. The van der Waals surface area contributed by atoms with Crippen molar-refractivity contribution in [2.45, 2.75) is 53.4 Å². The molecule has 0 unspecified atom stereocenters. The molecule has 198 valence electrons. The minimum Gasteiger partial charge on any atom is -1.00 e. The standard InChI is InChI=1S/2C17H17P.2ClH.Zr/c2*1-3-12-10-15(13-8-6-5-7-9-13)16-11-14(4-2)18-17(12)16;;;/h2*5-11H,3-4H2,1-2H3;2*1H;/q;;;;+2/p-2. The van der Waals surface area contributed by atoms with Gasteiger partial charge in [0.1, 0.15) is 0 Å². The molecular formula is C34H34Cl2P2Zr. The Morgan fingerprint density at radius 3 is 1.13 bits per heavy atom. The van der Waals surface area contributed by atoms with Crippen LogP contribution < -0.4 is 24.8 Å². The van der Waals surface area contributed by atoms with Crippen LogP contribution in [0.1, 0.15) is 64.5 Å². The summed E-state index contributed by atoms with van der Waals surface area (Å²) >= 11 is 0. The minimum atomic E-state index is 0. The molecule has 0 spiro atoms. The van der Waals surface area contributed by atoms with Crippen LogP contribution in [0, 0.1) is 0 Å². The predicted molar refractivity (Wildman–Crippen MR) is 164 cm³/mol. The SMILES string of the molecule is CCC1=PC2=C(CC)C=C(c3ccccc3)C2=C1.CCC1=PC2=C(CC)C=C(c3ccccc3)C2=C1.[Cl-].[Cl-].[Zr+2]. The Balaban J connectivity index is 0.000000254. The molecule has 0 radical (unpaired) electrons. The van der Waals surface area contributed by atoms with Gasteiger partial charge in [0.25, 0.3) is 0 Å². The summed E-state index contributed by atoms with van der Waals surface area (Å²) in [5, 5.41) is 6.20. The maximum atomic E-state index is 2.40. The predicted octanol–water partition coefficient (Wildman–Crippen LogP) is 4.44.